The molecule has 0 aromatic carbocycles. The summed E-state index contributed by atoms with van der Waals surface area (Å²) in [7, 11) is 0. The fraction of sp³-hybridized carbons (Fsp3) is 0.333. The fourth-order valence-electron chi connectivity index (χ4n) is 1.43. The molecule has 6 heteroatoms. The van der Waals surface area contributed by atoms with Crippen molar-refractivity contribution in [3.05, 3.63) is 18.7 Å². The monoisotopic (exact) mass is 206 g/mol. The number of hydrogen-bond acceptors (Lipinski definition) is 4. The Bertz CT molecular complexity index is 421. The minimum absolute atomic E-state index is 0.256. The van der Waals surface area contributed by atoms with Gasteiger partial charge < -0.3 is 0 Å². The number of imide groups is 1. The van der Waals surface area contributed by atoms with Crippen molar-refractivity contribution in [3.63, 3.8) is 0 Å². The maximum Gasteiger partial charge on any atom is 0.279 e. The van der Waals surface area contributed by atoms with Crippen molar-refractivity contribution in [2.45, 2.75) is 13.3 Å². The van der Waals surface area contributed by atoms with Crippen LogP contribution in [0.25, 0.3) is 5.70 Å². The van der Waals surface area contributed by atoms with E-state index in [9.17, 15) is 9.59 Å². The molecule has 2 heterocycles. The van der Waals surface area contributed by atoms with Gasteiger partial charge in [0.25, 0.3) is 11.8 Å². The Hall–Kier alpha value is -1.98. The second-order valence-corrected chi connectivity index (χ2v) is 3.16. The number of nitrogens with zero attached hydrogens (tertiary/aromatic N) is 4. The smallest absolute Gasteiger partial charge is 0.273 e. The normalized spacial score (nSPS) is 16.1. The molecular weight excluding hydrogens is 196 g/mol. The van der Waals surface area contributed by atoms with Crippen molar-refractivity contribution in [2.75, 3.05) is 6.54 Å². The molecule has 0 atom stereocenters. The van der Waals surface area contributed by atoms with Gasteiger partial charge in [0.15, 0.2) is 0 Å². The van der Waals surface area contributed by atoms with Gasteiger partial charge in [0.1, 0.15) is 18.4 Å². The average Bonchev–Trinajstić information content (AvgIpc) is 2.81. The topological polar surface area (TPSA) is 68.1 Å². The highest BCUT2D eigenvalue weighted by molar-refractivity contribution is 6.29. The zero-order chi connectivity index (χ0) is 10.8. The minimum atomic E-state index is -0.313. The Balaban J connectivity index is 2.27. The van der Waals surface area contributed by atoms with E-state index >= 15 is 0 Å². The summed E-state index contributed by atoms with van der Waals surface area (Å²) in [6, 6.07) is 0. The molecule has 0 fully saturated rings. The molecule has 6 nitrogen and oxygen atoms in total. The first-order valence-corrected chi connectivity index (χ1v) is 4.66. The van der Waals surface area contributed by atoms with Crippen molar-refractivity contribution >= 4 is 17.5 Å². The summed E-state index contributed by atoms with van der Waals surface area (Å²) in [6.45, 7) is 2.35. The van der Waals surface area contributed by atoms with Crippen LogP contribution in [0.3, 0.4) is 0 Å². The lowest BCUT2D eigenvalue weighted by atomic mass is 10.4. The van der Waals surface area contributed by atoms with Gasteiger partial charge in [-0.3, -0.25) is 14.5 Å². The van der Waals surface area contributed by atoms with E-state index in [1.165, 1.54) is 28.3 Å². The summed E-state index contributed by atoms with van der Waals surface area (Å²) in [4.78, 5) is 28.1. The zero-order valence-electron chi connectivity index (χ0n) is 8.25. The minimum Gasteiger partial charge on any atom is -0.273 e. The summed E-state index contributed by atoms with van der Waals surface area (Å²) >= 11 is 0. The third kappa shape index (κ3) is 1.54. The third-order valence-electron chi connectivity index (χ3n) is 2.10. The summed E-state index contributed by atoms with van der Waals surface area (Å²) in [5.41, 5.74) is 0.256. The van der Waals surface area contributed by atoms with E-state index in [-0.39, 0.29) is 17.5 Å². The highest BCUT2D eigenvalue weighted by Gasteiger charge is 2.31. The Morgan fingerprint density at radius 1 is 1.40 bits per heavy atom. The van der Waals surface area contributed by atoms with E-state index in [0.717, 1.165) is 6.42 Å². The molecule has 0 saturated carbocycles. The van der Waals surface area contributed by atoms with Gasteiger partial charge in [0.2, 0.25) is 0 Å². The van der Waals surface area contributed by atoms with Crippen LogP contribution in [0.15, 0.2) is 18.7 Å². The van der Waals surface area contributed by atoms with E-state index < -0.39 is 0 Å². The molecule has 1 aliphatic heterocycles. The van der Waals surface area contributed by atoms with Crippen molar-refractivity contribution in [3.8, 4) is 0 Å². The first-order chi connectivity index (χ1) is 7.24. The summed E-state index contributed by atoms with van der Waals surface area (Å²) in [5.74, 6) is -0.597. The second-order valence-electron chi connectivity index (χ2n) is 3.16. The molecule has 1 aromatic rings. The zero-order valence-corrected chi connectivity index (χ0v) is 8.25. The third-order valence-corrected chi connectivity index (χ3v) is 2.10. The standard InChI is InChI=1S/C9H10N4O2/c1-2-3-12-8(14)4-7(9(12)15)13-6-10-5-11-13/h4-6H,2-3H2,1H3. The second kappa shape index (κ2) is 3.64. The van der Waals surface area contributed by atoms with E-state index in [4.69, 9.17) is 0 Å². The predicted octanol–water partition coefficient (Wildman–Crippen LogP) is -0.102. The summed E-state index contributed by atoms with van der Waals surface area (Å²) in [5, 5.41) is 3.82. The van der Waals surface area contributed by atoms with Gasteiger partial charge in [-0.05, 0) is 6.42 Å². The van der Waals surface area contributed by atoms with Gasteiger partial charge in [0, 0.05) is 12.6 Å². The maximum absolute atomic E-state index is 11.8. The molecular formula is C9H10N4O2. The van der Waals surface area contributed by atoms with E-state index in [0.29, 0.717) is 6.54 Å². The van der Waals surface area contributed by atoms with Crippen LogP contribution in [0.5, 0.6) is 0 Å². The number of hydrogen-bond donors (Lipinski definition) is 0. The van der Waals surface area contributed by atoms with Crippen LogP contribution in [-0.4, -0.2) is 38.0 Å². The molecule has 15 heavy (non-hydrogen) atoms. The van der Waals surface area contributed by atoms with Crippen LogP contribution in [0.4, 0.5) is 0 Å². The van der Waals surface area contributed by atoms with Crippen LogP contribution >= 0.6 is 0 Å². The number of rotatable bonds is 3. The molecule has 0 aliphatic carbocycles. The van der Waals surface area contributed by atoms with Gasteiger partial charge in [-0.2, -0.15) is 5.10 Å². The molecule has 0 spiro atoms. The molecule has 1 aromatic heterocycles. The van der Waals surface area contributed by atoms with E-state index in [1.807, 2.05) is 6.92 Å². The van der Waals surface area contributed by atoms with Crippen LogP contribution < -0.4 is 0 Å². The van der Waals surface area contributed by atoms with Crippen LogP contribution in [0.2, 0.25) is 0 Å². The number of aromatic nitrogens is 3. The Morgan fingerprint density at radius 2 is 2.20 bits per heavy atom. The average molecular weight is 206 g/mol. The van der Waals surface area contributed by atoms with Crippen LogP contribution in [0, 0.1) is 0 Å². The summed E-state index contributed by atoms with van der Waals surface area (Å²) in [6.07, 6.45) is 4.75. The maximum atomic E-state index is 11.8. The van der Waals surface area contributed by atoms with E-state index in [1.54, 1.807) is 0 Å². The van der Waals surface area contributed by atoms with Crippen LogP contribution in [0.1, 0.15) is 13.3 Å². The lowest BCUT2D eigenvalue weighted by Gasteiger charge is -2.12. The Kier molecular flexibility index (Phi) is 2.32. The lowest BCUT2D eigenvalue weighted by molar-refractivity contribution is -0.136. The first kappa shape index (κ1) is 9.57. The molecule has 0 N–H and O–H groups in total. The molecule has 0 radical (unpaired) electrons. The van der Waals surface area contributed by atoms with Gasteiger partial charge in [-0.25, -0.2) is 9.67 Å². The van der Waals surface area contributed by atoms with Crippen LogP contribution in [-0.2, 0) is 9.59 Å². The van der Waals surface area contributed by atoms with Gasteiger partial charge in [-0.1, -0.05) is 6.92 Å². The SMILES string of the molecule is CCCN1C(=O)C=C(n2cncn2)C1=O. The molecule has 2 rings (SSSR count). The first-order valence-electron chi connectivity index (χ1n) is 4.66. The van der Waals surface area contributed by atoms with E-state index in [2.05, 4.69) is 10.1 Å². The molecule has 0 saturated heterocycles. The number of carbonyl (C=O) groups is 2. The van der Waals surface area contributed by atoms with Gasteiger partial charge in [-0.15, -0.1) is 0 Å². The predicted molar refractivity (Wildman–Crippen MR) is 51.3 cm³/mol. The van der Waals surface area contributed by atoms with Crippen molar-refractivity contribution in [1.82, 2.24) is 19.7 Å². The lowest BCUT2D eigenvalue weighted by Crippen LogP contribution is -2.32. The van der Waals surface area contributed by atoms with Crippen molar-refractivity contribution in [2.24, 2.45) is 0 Å². The fourth-order valence-corrected chi connectivity index (χ4v) is 1.43. The Morgan fingerprint density at radius 3 is 2.80 bits per heavy atom. The molecule has 2 amide bonds. The molecule has 0 bridgehead atoms. The summed E-state index contributed by atoms with van der Waals surface area (Å²) < 4.78 is 1.30. The quantitative estimate of drug-likeness (QED) is 0.647. The highest BCUT2D eigenvalue weighted by Crippen LogP contribution is 2.16. The van der Waals surface area contributed by atoms with Crippen molar-refractivity contribution < 1.29 is 9.59 Å². The largest absolute Gasteiger partial charge is 0.279 e. The molecule has 1 aliphatic rings. The molecule has 0 unspecified atom stereocenters. The van der Waals surface area contributed by atoms with Gasteiger partial charge >= 0.3 is 0 Å². The van der Waals surface area contributed by atoms with Gasteiger partial charge in [0.05, 0.1) is 0 Å². The number of amides is 2. The molecule has 78 valence electrons. The van der Waals surface area contributed by atoms with Crippen molar-refractivity contribution in [1.29, 1.82) is 0 Å². The number of carbonyl (C=O) groups excluding carboxylic acids is 2. The highest BCUT2D eigenvalue weighted by atomic mass is 16.2. The Labute approximate surface area is 86.2 Å².